The second-order valence-electron chi connectivity index (χ2n) is 13.1. The Balaban J connectivity index is 2.30. The van der Waals surface area contributed by atoms with Gasteiger partial charge in [-0.15, -0.1) is 0 Å². The van der Waals surface area contributed by atoms with Crippen LogP contribution in [0.4, 0.5) is 0 Å². The molecule has 308 valence electrons. The zero-order valence-electron chi connectivity index (χ0n) is 30.8. The third-order valence-electron chi connectivity index (χ3n) is 8.71. The van der Waals surface area contributed by atoms with Gasteiger partial charge in [0.15, 0.2) is 0 Å². The van der Waals surface area contributed by atoms with Crippen LogP contribution >= 0.6 is 0 Å². The molecule has 23 nitrogen and oxygen atoms in total. The largest absolute Gasteiger partial charge is 0.394 e. The van der Waals surface area contributed by atoms with Crippen molar-refractivity contribution >= 4 is 41.4 Å². The molecule has 8 atom stereocenters. The fourth-order valence-electron chi connectivity index (χ4n) is 5.49. The molecule has 1 aliphatic heterocycles. The first-order chi connectivity index (χ1) is 26.7. The molecule has 23 heteroatoms. The Morgan fingerprint density at radius 2 is 1.61 bits per heavy atom. The van der Waals surface area contributed by atoms with Gasteiger partial charge in [0.2, 0.25) is 41.4 Å². The molecule has 0 spiro atoms. The topological polar surface area (TPSA) is 364 Å². The van der Waals surface area contributed by atoms with E-state index in [4.69, 9.17) is 11.5 Å². The molecule has 1 aliphatic rings. The van der Waals surface area contributed by atoms with Gasteiger partial charge in [-0.1, -0.05) is 45.9 Å². The van der Waals surface area contributed by atoms with Crippen molar-refractivity contribution in [3.8, 4) is 0 Å². The maximum atomic E-state index is 13.6. The number of primary amides is 1. The van der Waals surface area contributed by atoms with Crippen molar-refractivity contribution in [2.45, 2.75) is 93.8 Å². The molecule has 7 amide bonds. The summed E-state index contributed by atoms with van der Waals surface area (Å²) < 4.78 is 0. The molecule has 1 fully saturated rings. The Morgan fingerprint density at radius 1 is 0.911 bits per heavy atom. The average Bonchev–Trinajstić information content (AvgIpc) is 3.17. The van der Waals surface area contributed by atoms with Gasteiger partial charge in [-0.2, -0.15) is 14.7 Å². The quantitative estimate of drug-likeness (QED) is 0.0719. The highest BCUT2D eigenvalue weighted by Gasteiger charge is 2.34. The highest BCUT2D eigenvalue weighted by atomic mass is 16.3. The first kappa shape index (κ1) is 46.3. The Hall–Kier alpha value is -5.81. The zero-order valence-corrected chi connectivity index (χ0v) is 30.8. The van der Waals surface area contributed by atoms with Crippen LogP contribution in [0.3, 0.4) is 0 Å². The lowest BCUT2D eigenvalue weighted by Crippen LogP contribution is -2.61. The smallest absolute Gasteiger partial charge is 0.245 e. The minimum atomic E-state index is -1.67. The normalized spacial score (nSPS) is 22.4. The highest BCUT2D eigenvalue weighted by Crippen LogP contribution is 2.08. The van der Waals surface area contributed by atoms with E-state index in [2.05, 4.69) is 52.7 Å². The van der Waals surface area contributed by atoms with Crippen molar-refractivity contribution in [3.05, 3.63) is 50.6 Å². The van der Waals surface area contributed by atoms with Crippen molar-refractivity contribution in [3.63, 3.8) is 0 Å². The minimum Gasteiger partial charge on any atom is -0.394 e. The fraction of sp³-hybridized carbons (Fsp3) is 0.606. The van der Waals surface area contributed by atoms with Gasteiger partial charge in [-0.25, -0.2) is 0 Å². The molecule has 2 rings (SSSR count). The van der Waals surface area contributed by atoms with E-state index in [9.17, 15) is 53.4 Å². The van der Waals surface area contributed by atoms with Crippen LogP contribution in [-0.4, -0.2) is 128 Å². The van der Waals surface area contributed by atoms with E-state index in [1.165, 1.54) is 6.92 Å². The number of rotatable bonds is 16. The minimum absolute atomic E-state index is 0.00486. The molecule has 1 heterocycles. The van der Waals surface area contributed by atoms with Gasteiger partial charge in [-0.05, 0) is 38.2 Å². The third kappa shape index (κ3) is 15.9. The second-order valence-corrected chi connectivity index (χ2v) is 13.1. The molecule has 0 saturated carbocycles. The summed E-state index contributed by atoms with van der Waals surface area (Å²) in [6.07, 6.45) is 0.304. The fourth-order valence-corrected chi connectivity index (χ4v) is 5.49. The molecule has 0 radical (unpaired) electrons. The standard InChI is InChI=1S/C33H50N12O11/c1-18(45-56)27-33(53)44-25(17-46)32(52)41-22(9-5-6-12-36-26(47)11-10-20(14-37-27)40-29(49)21(34)15-38-54)30(50)43-24(16-39-55)31(51)42-23(28(35)48)13-19-7-3-2-4-8-19/h2-4,7-8,18,20-25,27,37,46H,5-6,9-17,34H2,1H3,(H2,35,48)(H,36,47)(H,40,49)(H,41,52)(H,42,51)(H,43,50)(H,44,53)/t18?,20-,21-,22-,23-,24-,25-,27-/m0/s1. The summed E-state index contributed by atoms with van der Waals surface area (Å²) in [6, 6.07) is -2.18. The Kier molecular flexibility index (Phi) is 20.3. The van der Waals surface area contributed by atoms with E-state index in [-0.39, 0.29) is 45.2 Å². The molecule has 1 saturated heterocycles. The first-order valence-corrected chi connectivity index (χ1v) is 17.9. The van der Waals surface area contributed by atoms with Crippen molar-refractivity contribution in [2.24, 2.45) is 27.0 Å². The molecule has 0 aliphatic carbocycles. The number of benzene rings is 1. The molecular formula is C33H50N12O11. The molecule has 0 bridgehead atoms. The molecular weight excluding hydrogens is 740 g/mol. The van der Waals surface area contributed by atoms with Gasteiger partial charge in [0.1, 0.15) is 55.4 Å². The first-order valence-electron chi connectivity index (χ1n) is 17.9. The Labute approximate surface area is 321 Å². The molecule has 1 aromatic carbocycles. The van der Waals surface area contributed by atoms with Crippen molar-refractivity contribution in [2.75, 3.05) is 32.8 Å². The van der Waals surface area contributed by atoms with E-state index in [1.54, 1.807) is 30.3 Å². The number of carbonyl (C=O) groups excluding carboxylic acids is 7. The van der Waals surface area contributed by atoms with Gasteiger partial charge in [0.05, 0.1) is 6.61 Å². The summed E-state index contributed by atoms with van der Waals surface area (Å²) in [6.45, 7) is -1.05. The number of nitrogens with two attached hydrogens (primary N) is 2. The summed E-state index contributed by atoms with van der Waals surface area (Å²) in [7, 11) is 0. The number of amides is 7. The number of aliphatic hydroxyl groups excluding tert-OH is 1. The SMILES string of the molecule is CC(N=O)[C@@H]1NC[C@@H](NC(=O)[C@@H](N)CN=O)CCC(=O)NCCCC[C@@H](C(=O)N[C@@H](CN=O)C(=O)N[C@@H](Cc2ccccc2)C(N)=O)NC(=O)[C@H](CO)NC1=O. The molecule has 0 aromatic heterocycles. The molecule has 56 heavy (non-hydrogen) atoms. The predicted octanol–water partition coefficient (Wildman–Crippen LogP) is -3.82. The van der Waals surface area contributed by atoms with Gasteiger partial charge in [0, 0.05) is 32.0 Å². The van der Waals surface area contributed by atoms with Crippen molar-refractivity contribution < 1.29 is 38.7 Å². The van der Waals surface area contributed by atoms with Crippen LogP contribution < -0.4 is 48.7 Å². The van der Waals surface area contributed by atoms with Crippen LogP contribution in [0, 0.1) is 14.7 Å². The van der Waals surface area contributed by atoms with E-state index in [0.29, 0.717) is 12.0 Å². The lowest BCUT2D eigenvalue weighted by atomic mass is 10.0. The van der Waals surface area contributed by atoms with Crippen LogP contribution in [0.15, 0.2) is 45.9 Å². The lowest BCUT2D eigenvalue weighted by Gasteiger charge is -2.28. The van der Waals surface area contributed by atoms with Gasteiger partial charge >= 0.3 is 0 Å². The van der Waals surface area contributed by atoms with E-state index >= 15 is 0 Å². The Morgan fingerprint density at radius 3 is 2.23 bits per heavy atom. The highest BCUT2D eigenvalue weighted by molar-refractivity contribution is 5.96. The van der Waals surface area contributed by atoms with Crippen LogP contribution in [0.2, 0.25) is 0 Å². The Bertz CT molecular complexity index is 1540. The zero-order chi connectivity index (χ0) is 41.6. The van der Waals surface area contributed by atoms with Crippen LogP contribution in [-0.2, 0) is 40.0 Å². The maximum Gasteiger partial charge on any atom is 0.245 e. The number of aliphatic hydroxyl groups is 1. The van der Waals surface area contributed by atoms with Gasteiger partial charge in [0.25, 0.3) is 0 Å². The number of nitroso groups, excluding NO2 is 3. The predicted molar refractivity (Wildman–Crippen MR) is 199 cm³/mol. The summed E-state index contributed by atoms with van der Waals surface area (Å²) >= 11 is 0. The summed E-state index contributed by atoms with van der Waals surface area (Å²) in [5, 5.41) is 35.8. The van der Waals surface area contributed by atoms with Crippen LogP contribution in [0.1, 0.15) is 44.6 Å². The number of hydrogen-bond acceptors (Lipinski definition) is 16. The third-order valence-corrected chi connectivity index (χ3v) is 8.71. The number of hydrogen-bond donors (Lipinski definition) is 10. The van der Waals surface area contributed by atoms with Crippen molar-refractivity contribution in [1.29, 1.82) is 0 Å². The van der Waals surface area contributed by atoms with Crippen LogP contribution in [0.25, 0.3) is 0 Å². The monoisotopic (exact) mass is 790 g/mol. The van der Waals surface area contributed by atoms with E-state index in [0.717, 1.165) is 0 Å². The maximum absolute atomic E-state index is 13.6. The van der Waals surface area contributed by atoms with Crippen molar-refractivity contribution in [1.82, 2.24) is 37.2 Å². The molecule has 1 unspecified atom stereocenters. The number of nitrogens with zero attached hydrogens (tertiary/aromatic N) is 3. The summed E-state index contributed by atoms with van der Waals surface area (Å²) in [4.78, 5) is 124. The second kappa shape index (κ2) is 24.6. The van der Waals surface area contributed by atoms with Gasteiger partial charge < -0.3 is 53.8 Å². The van der Waals surface area contributed by atoms with E-state index in [1.807, 2.05) is 0 Å². The summed E-state index contributed by atoms with van der Waals surface area (Å²) in [5.74, 6) is -6.02. The van der Waals surface area contributed by atoms with E-state index < -0.39 is 109 Å². The van der Waals surface area contributed by atoms with Crippen LogP contribution in [0.5, 0.6) is 0 Å². The summed E-state index contributed by atoms with van der Waals surface area (Å²) in [5.41, 5.74) is 11.8. The number of nitrogens with one attached hydrogen (secondary N) is 7. The molecule has 1 aromatic rings. The average molecular weight is 791 g/mol. The lowest BCUT2D eigenvalue weighted by molar-refractivity contribution is -0.135. The number of carbonyl (C=O) groups is 7. The molecule has 12 N–H and O–H groups in total. The van der Waals surface area contributed by atoms with Gasteiger partial charge in [-0.3, -0.25) is 33.6 Å².